The van der Waals surface area contributed by atoms with E-state index in [0.29, 0.717) is 13.1 Å². The van der Waals surface area contributed by atoms with E-state index in [1.807, 2.05) is 19.0 Å². The summed E-state index contributed by atoms with van der Waals surface area (Å²) in [7, 11) is 3.78. The lowest BCUT2D eigenvalue weighted by Crippen LogP contribution is -2.34. The summed E-state index contributed by atoms with van der Waals surface area (Å²) in [6.45, 7) is 0.903. The molecule has 1 rings (SSSR count). The van der Waals surface area contributed by atoms with Crippen molar-refractivity contribution in [3.8, 4) is 5.75 Å². The molecule has 0 atom stereocenters. The van der Waals surface area contributed by atoms with Crippen molar-refractivity contribution in [1.82, 2.24) is 10.2 Å². The number of likely N-dealkylation sites (N-methyl/N-ethyl adjacent to an activating group) is 1. The van der Waals surface area contributed by atoms with E-state index in [2.05, 4.69) is 5.32 Å². The first-order chi connectivity index (χ1) is 9.40. The molecule has 7 nitrogen and oxygen atoms in total. The van der Waals surface area contributed by atoms with Gasteiger partial charge in [-0.15, -0.1) is 0 Å². The number of benzene rings is 1. The smallest absolute Gasteiger partial charge is 0.312 e. The van der Waals surface area contributed by atoms with Gasteiger partial charge in [-0.2, -0.15) is 0 Å². The van der Waals surface area contributed by atoms with Crippen LogP contribution in [0.2, 0.25) is 5.02 Å². The van der Waals surface area contributed by atoms with Gasteiger partial charge in [0, 0.05) is 24.2 Å². The van der Waals surface area contributed by atoms with Crippen LogP contribution in [0.5, 0.6) is 5.75 Å². The fourth-order valence-electron chi connectivity index (χ4n) is 1.37. The van der Waals surface area contributed by atoms with E-state index in [4.69, 9.17) is 16.3 Å². The molecule has 0 saturated heterocycles. The van der Waals surface area contributed by atoms with Gasteiger partial charge in [-0.3, -0.25) is 14.9 Å². The first-order valence-corrected chi connectivity index (χ1v) is 6.26. The minimum Gasteiger partial charge on any atom is -0.477 e. The molecule has 0 aliphatic carbocycles. The van der Waals surface area contributed by atoms with Crippen LogP contribution in [-0.2, 0) is 4.79 Å². The lowest BCUT2D eigenvalue weighted by molar-refractivity contribution is -0.385. The van der Waals surface area contributed by atoms with Crippen molar-refractivity contribution in [2.45, 2.75) is 0 Å². The lowest BCUT2D eigenvalue weighted by atomic mass is 10.3. The van der Waals surface area contributed by atoms with Crippen LogP contribution >= 0.6 is 11.6 Å². The molecule has 0 aliphatic rings. The molecule has 0 radical (unpaired) electrons. The number of hydrogen-bond acceptors (Lipinski definition) is 5. The number of hydrogen-bond donors (Lipinski definition) is 1. The fraction of sp³-hybridized carbons (Fsp3) is 0.417. The standard InChI is InChI=1S/C12H16ClN3O4/c1-15(2)6-5-14-12(17)8-20-11-4-3-9(13)7-10(11)16(18)19/h3-4,7H,5-6,8H2,1-2H3,(H,14,17). The second-order valence-corrected chi connectivity index (χ2v) is 4.75. The van der Waals surface area contributed by atoms with E-state index < -0.39 is 4.92 Å². The van der Waals surface area contributed by atoms with Crippen molar-refractivity contribution in [2.75, 3.05) is 33.8 Å². The molecule has 1 aromatic rings. The Bertz CT molecular complexity index is 494. The molecule has 0 aromatic heterocycles. The van der Waals surface area contributed by atoms with Gasteiger partial charge in [0.2, 0.25) is 0 Å². The van der Waals surface area contributed by atoms with Crippen LogP contribution in [0, 0.1) is 10.1 Å². The van der Waals surface area contributed by atoms with Crippen molar-refractivity contribution in [1.29, 1.82) is 0 Å². The molecule has 1 amide bonds. The van der Waals surface area contributed by atoms with Crippen molar-refractivity contribution >= 4 is 23.2 Å². The predicted molar refractivity (Wildman–Crippen MR) is 75.2 cm³/mol. The highest BCUT2D eigenvalue weighted by Gasteiger charge is 2.16. The van der Waals surface area contributed by atoms with E-state index in [0.717, 1.165) is 0 Å². The summed E-state index contributed by atoms with van der Waals surface area (Å²) < 4.78 is 5.15. The van der Waals surface area contributed by atoms with Crippen LogP contribution in [-0.4, -0.2) is 49.5 Å². The number of nitrogens with one attached hydrogen (secondary N) is 1. The zero-order valence-corrected chi connectivity index (χ0v) is 12.0. The molecule has 0 saturated carbocycles. The van der Waals surface area contributed by atoms with Gasteiger partial charge in [0.05, 0.1) is 4.92 Å². The lowest BCUT2D eigenvalue weighted by Gasteiger charge is -2.11. The van der Waals surface area contributed by atoms with Gasteiger partial charge in [0.15, 0.2) is 12.4 Å². The van der Waals surface area contributed by atoms with E-state index in [1.165, 1.54) is 18.2 Å². The summed E-state index contributed by atoms with van der Waals surface area (Å²) in [5.41, 5.74) is -0.265. The van der Waals surface area contributed by atoms with Crippen LogP contribution in [0.25, 0.3) is 0 Å². The van der Waals surface area contributed by atoms with Gasteiger partial charge in [0.1, 0.15) is 0 Å². The van der Waals surface area contributed by atoms with E-state index >= 15 is 0 Å². The number of carbonyl (C=O) groups excluding carboxylic acids is 1. The Balaban J connectivity index is 2.53. The topological polar surface area (TPSA) is 84.7 Å². The Kier molecular flexibility index (Phi) is 6.20. The van der Waals surface area contributed by atoms with Crippen LogP contribution < -0.4 is 10.1 Å². The molecule has 0 bridgehead atoms. The maximum atomic E-state index is 11.5. The minimum atomic E-state index is -0.606. The highest BCUT2D eigenvalue weighted by Crippen LogP contribution is 2.29. The zero-order chi connectivity index (χ0) is 15.1. The Labute approximate surface area is 121 Å². The number of nitro benzene ring substituents is 1. The van der Waals surface area contributed by atoms with Gasteiger partial charge >= 0.3 is 5.69 Å². The summed E-state index contributed by atoms with van der Waals surface area (Å²) in [6.07, 6.45) is 0. The Hall–Kier alpha value is -1.86. The first-order valence-electron chi connectivity index (χ1n) is 5.88. The van der Waals surface area contributed by atoms with Crippen LogP contribution in [0.3, 0.4) is 0 Å². The highest BCUT2D eigenvalue weighted by atomic mass is 35.5. The van der Waals surface area contributed by atoms with Crippen LogP contribution in [0.4, 0.5) is 5.69 Å². The van der Waals surface area contributed by atoms with Gasteiger partial charge in [-0.1, -0.05) is 11.6 Å². The molecule has 1 aromatic carbocycles. The minimum absolute atomic E-state index is 0.0159. The third-order valence-electron chi connectivity index (χ3n) is 2.36. The van der Waals surface area contributed by atoms with Gasteiger partial charge < -0.3 is 15.0 Å². The SMILES string of the molecule is CN(C)CCNC(=O)COc1ccc(Cl)cc1[N+](=O)[O-]. The summed E-state index contributed by atoms with van der Waals surface area (Å²) in [4.78, 5) is 23.6. The van der Waals surface area contributed by atoms with E-state index in [1.54, 1.807) is 0 Å². The molecule has 0 heterocycles. The molecule has 1 N–H and O–H groups in total. The zero-order valence-electron chi connectivity index (χ0n) is 11.3. The van der Waals surface area contributed by atoms with Gasteiger partial charge in [0.25, 0.3) is 5.91 Å². The van der Waals surface area contributed by atoms with Crippen LogP contribution in [0.1, 0.15) is 0 Å². The van der Waals surface area contributed by atoms with Crippen molar-refractivity contribution in [3.63, 3.8) is 0 Å². The Morgan fingerprint density at radius 2 is 2.20 bits per heavy atom. The molecule has 8 heteroatoms. The molecule has 20 heavy (non-hydrogen) atoms. The Morgan fingerprint density at radius 1 is 1.50 bits per heavy atom. The third kappa shape index (κ3) is 5.41. The average Bonchev–Trinajstić information content (AvgIpc) is 2.36. The second kappa shape index (κ2) is 7.66. The Morgan fingerprint density at radius 3 is 2.80 bits per heavy atom. The largest absolute Gasteiger partial charge is 0.477 e. The normalized spacial score (nSPS) is 10.4. The summed E-state index contributed by atoms with van der Waals surface area (Å²) in [5, 5.41) is 13.7. The summed E-state index contributed by atoms with van der Waals surface area (Å²) in [5.74, 6) is -0.321. The van der Waals surface area contributed by atoms with Crippen molar-refractivity contribution in [3.05, 3.63) is 33.3 Å². The molecular formula is C12H16ClN3O4. The molecule has 0 spiro atoms. The number of halogens is 1. The molecule has 0 fully saturated rings. The molecule has 0 unspecified atom stereocenters. The predicted octanol–water partition coefficient (Wildman–Crippen LogP) is 1.30. The number of ether oxygens (including phenoxy) is 1. The molecule has 110 valence electrons. The second-order valence-electron chi connectivity index (χ2n) is 4.31. The number of rotatable bonds is 7. The monoisotopic (exact) mass is 301 g/mol. The number of nitrogens with zero attached hydrogens (tertiary/aromatic N) is 2. The number of nitro groups is 1. The quantitative estimate of drug-likeness (QED) is 0.606. The van der Waals surface area contributed by atoms with Crippen molar-refractivity contribution in [2.24, 2.45) is 0 Å². The van der Waals surface area contributed by atoms with Crippen molar-refractivity contribution < 1.29 is 14.5 Å². The fourth-order valence-corrected chi connectivity index (χ4v) is 1.53. The number of carbonyl (C=O) groups is 1. The maximum Gasteiger partial charge on any atom is 0.312 e. The van der Waals surface area contributed by atoms with E-state index in [-0.39, 0.29) is 29.0 Å². The summed E-state index contributed by atoms with van der Waals surface area (Å²) >= 11 is 5.68. The maximum absolute atomic E-state index is 11.5. The first kappa shape index (κ1) is 16.2. The average molecular weight is 302 g/mol. The number of amides is 1. The van der Waals surface area contributed by atoms with Gasteiger partial charge in [-0.25, -0.2) is 0 Å². The summed E-state index contributed by atoms with van der Waals surface area (Å²) in [6, 6.07) is 4.02. The highest BCUT2D eigenvalue weighted by molar-refractivity contribution is 6.30. The van der Waals surface area contributed by atoms with Crippen LogP contribution in [0.15, 0.2) is 18.2 Å². The van der Waals surface area contributed by atoms with Gasteiger partial charge in [-0.05, 0) is 26.2 Å². The third-order valence-corrected chi connectivity index (χ3v) is 2.59. The van der Waals surface area contributed by atoms with E-state index in [9.17, 15) is 14.9 Å². The molecule has 0 aliphatic heterocycles. The molecular weight excluding hydrogens is 286 g/mol.